The lowest BCUT2D eigenvalue weighted by molar-refractivity contribution is 0.185. The number of hydrogen-bond donors (Lipinski definition) is 1. The molecule has 1 saturated carbocycles. The second-order valence-corrected chi connectivity index (χ2v) is 6.81. The predicted octanol–water partition coefficient (Wildman–Crippen LogP) is 1.68. The zero-order chi connectivity index (χ0) is 14.6. The second kappa shape index (κ2) is 6.89. The molecule has 0 aromatic heterocycles. The Morgan fingerprint density at radius 3 is 2.80 bits per heavy atom. The van der Waals surface area contributed by atoms with Gasteiger partial charge in [-0.15, -0.1) is 0 Å². The van der Waals surface area contributed by atoms with Crippen LogP contribution in [0.2, 0.25) is 0 Å². The molecule has 4 heteroatoms. The van der Waals surface area contributed by atoms with Gasteiger partial charge in [-0.25, -0.2) is 0 Å². The lowest BCUT2D eigenvalue weighted by Gasteiger charge is -2.32. The van der Waals surface area contributed by atoms with Crippen LogP contribution in [-0.2, 0) is 0 Å². The van der Waals surface area contributed by atoms with E-state index in [4.69, 9.17) is 0 Å². The molecule has 2 fully saturated rings. The number of hydrogen-bond acceptors (Lipinski definition) is 4. The van der Waals surface area contributed by atoms with Crippen molar-refractivity contribution < 1.29 is 0 Å². The molecule has 1 aliphatic heterocycles. The number of nitriles is 1. The third-order valence-corrected chi connectivity index (χ3v) is 5.31. The van der Waals surface area contributed by atoms with Crippen LogP contribution in [0.15, 0.2) is 0 Å². The van der Waals surface area contributed by atoms with E-state index in [1.807, 2.05) is 7.05 Å². The molecule has 2 aliphatic rings. The Labute approximate surface area is 124 Å². The third kappa shape index (κ3) is 3.33. The third-order valence-electron chi connectivity index (χ3n) is 5.31. The van der Waals surface area contributed by atoms with Crippen molar-refractivity contribution in [3.63, 3.8) is 0 Å². The molecule has 0 aromatic carbocycles. The van der Waals surface area contributed by atoms with Gasteiger partial charge in [0.1, 0.15) is 5.54 Å². The van der Waals surface area contributed by atoms with E-state index in [2.05, 4.69) is 35.3 Å². The summed E-state index contributed by atoms with van der Waals surface area (Å²) in [5.74, 6) is 0.526. The van der Waals surface area contributed by atoms with Gasteiger partial charge in [0.2, 0.25) is 0 Å². The second-order valence-electron chi connectivity index (χ2n) is 6.81. The Morgan fingerprint density at radius 1 is 1.35 bits per heavy atom. The van der Waals surface area contributed by atoms with Crippen LogP contribution in [0.1, 0.15) is 38.5 Å². The maximum atomic E-state index is 9.52. The fourth-order valence-electron chi connectivity index (χ4n) is 4.14. The number of rotatable bonds is 6. The highest BCUT2D eigenvalue weighted by molar-refractivity contribution is 5.13. The molecule has 0 aromatic rings. The van der Waals surface area contributed by atoms with E-state index in [0.29, 0.717) is 5.92 Å². The van der Waals surface area contributed by atoms with Gasteiger partial charge in [0.25, 0.3) is 0 Å². The molecular formula is C16H30N4. The first-order chi connectivity index (χ1) is 9.61. The molecule has 114 valence electrons. The van der Waals surface area contributed by atoms with Crippen LogP contribution in [0.5, 0.6) is 0 Å². The zero-order valence-electron chi connectivity index (χ0n) is 13.4. The van der Waals surface area contributed by atoms with Crippen LogP contribution in [0, 0.1) is 17.2 Å². The fourth-order valence-corrected chi connectivity index (χ4v) is 4.14. The van der Waals surface area contributed by atoms with Gasteiger partial charge in [0.05, 0.1) is 6.07 Å². The fraction of sp³-hybridized carbons (Fsp3) is 0.938. The van der Waals surface area contributed by atoms with E-state index in [9.17, 15) is 5.26 Å². The zero-order valence-corrected chi connectivity index (χ0v) is 13.4. The van der Waals surface area contributed by atoms with Crippen LogP contribution in [0.4, 0.5) is 0 Å². The Kier molecular flexibility index (Phi) is 5.42. The van der Waals surface area contributed by atoms with Crippen molar-refractivity contribution in [2.75, 3.05) is 40.8 Å². The van der Waals surface area contributed by atoms with Gasteiger partial charge < -0.3 is 10.2 Å². The largest absolute Gasteiger partial charge is 0.308 e. The molecule has 2 rings (SSSR count). The minimum absolute atomic E-state index is 0.253. The molecule has 0 amide bonds. The lowest BCUT2D eigenvalue weighted by atomic mass is 9.86. The van der Waals surface area contributed by atoms with E-state index in [0.717, 1.165) is 19.0 Å². The molecule has 20 heavy (non-hydrogen) atoms. The van der Waals surface area contributed by atoms with Crippen molar-refractivity contribution in [3.8, 4) is 6.07 Å². The Bertz CT molecular complexity index is 349. The Morgan fingerprint density at radius 2 is 2.15 bits per heavy atom. The summed E-state index contributed by atoms with van der Waals surface area (Å²) in [5, 5.41) is 12.8. The topological polar surface area (TPSA) is 42.3 Å². The SMILES string of the molecule is CNC1(C#N)CCCC1CCN1CCCC1CN(C)C. The van der Waals surface area contributed by atoms with Gasteiger partial charge in [0.15, 0.2) is 0 Å². The number of nitrogens with zero attached hydrogens (tertiary/aromatic N) is 3. The average Bonchev–Trinajstić information content (AvgIpc) is 3.02. The summed E-state index contributed by atoms with van der Waals surface area (Å²) >= 11 is 0. The summed E-state index contributed by atoms with van der Waals surface area (Å²) in [7, 11) is 6.27. The first-order valence-corrected chi connectivity index (χ1v) is 8.10. The molecule has 4 nitrogen and oxygen atoms in total. The van der Waals surface area contributed by atoms with Crippen LogP contribution < -0.4 is 5.32 Å². The molecule has 0 spiro atoms. The smallest absolute Gasteiger partial charge is 0.109 e. The minimum Gasteiger partial charge on any atom is -0.308 e. The van der Waals surface area contributed by atoms with E-state index >= 15 is 0 Å². The molecule has 1 aliphatic carbocycles. The van der Waals surface area contributed by atoms with E-state index in [1.165, 1.54) is 45.2 Å². The van der Waals surface area contributed by atoms with Gasteiger partial charge in [-0.3, -0.25) is 4.90 Å². The van der Waals surface area contributed by atoms with Crippen molar-refractivity contribution in [1.82, 2.24) is 15.1 Å². The van der Waals surface area contributed by atoms with Crippen molar-refractivity contribution in [1.29, 1.82) is 5.26 Å². The normalized spacial score (nSPS) is 34.8. The lowest BCUT2D eigenvalue weighted by Crippen LogP contribution is -2.46. The van der Waals surface area contributed by atoms with E-state index in [-0.39, 0.29) is 5.54 Å². The molecule has 1 saturated heterocycles. The Hall–Kier alpha value is -0.630. The van der Waals surface area contributed by atoms with Crippen molar-refractivity contribution in [2.45, 2.75) is 50.1 Å². The molecule has 3 unspecified atom stereocenters. The van der Waals surface area contributed by atoms with Gasteiger partial charge in [0, 0.05) is 12.6 Å². The van der Waals surface area contributed by atoms with Crippen molar-refractivity contribution >= 4 is 0 Å². The summed E-state index contributed by atoms with van der Waals surface area (Å²) in [6.07, 6.45) is 7.25. The van der Waals surface area contributed by atoms with Crippen molar-refractivity contribution in [2.24, 2.45) is 5.92 Å². The number of nitrogens with one attached hydrogen (secondary N) is 1. The predicted molar refractivity (Wildman–Crippen MR) is 82.5 cm³/mol. The number of likely N-dealkylation sites (N-methyl/N-ethyl adjacent to an activating group) is 1. The molecule has 1 N–H and O–H groups in total. The van der Waals surface area contributed by atoms with Crippen LogP contribution in [0.25, 0.3) is 0 Å². The molecule has 1 heterocycles. The van der Waals surface area contributed by atoms with Gasteiger partial charge in [-0.05, 0) is 72.3 Å². The summed E-state index contributed by atoms with van der Waals surface area (Å²) in [6.45, 7) is 3.57. The van der Waals surface area contributed by atoms with E-state index in [1.54, 1.807) is 0 Å². The Balaban J connectivity index is 1.87. The molecule has 0 bridgehead atoms. The monoisotopic (exact) mass is 278 g/mol. The molecular weight excluding hydrogens is 248 g/mol. The first kappa shape index (κ1) is 15.8. The minimum atomic E-state index is -0.253. The quantitative estimate of drug-likeness (QED) is 0.803. The standard InChI is InChI=1S/C16H30N4/c1-18-16(13-17)9-4-6-14(16)8-11-20-10-5-7-15(20)12-19(2)3/h14-15,18H,4-12H2,1-3H3. The van der Waals surface area contributed by atoms with Crippen LogP contribution in [-0.4, -0.2) is 62.2 Å². The first-order valence-electron chi connectivity index (χ1n) is 8.10. The number of likely N-dealkylation sites (tertiary alicyclic amines) is 1. The summed E-state index contributed by atoms with van der Waals surface area (Å²) in [5.41, 5.74) is -0.253. The van der Waals surface area contributed by atoms with Crippen LogP contribution >= 0.6 is 0 Å². The van der Waals surface area contributed by atoms with Gasteiger partial charge in [-0.1, -0.05) is 6.42 Å². The van der Waals surface area contributed by atoms with Gasteiger partial charge >= 0.3 is 0 Å². The molecule has 0 radical (unpaired) electrons. The molecule has 3 atom stereocenters. The summed E-state index contributed by atoms with van der Waals surface area (Å²) in [6, 6.07) is 3.28. The highest BCUT2D eigenvalue weighted by atomic mass is 15.2. The maximum absolute atomic E-state index is 9.52. The highest BCUT2D eigenvalue weighted by Crippen LogP contribution is 2.37. The summed E-state index contributed by atoms with van der Waals surface area (Å²) < 4.78 is 0. The van der Waals surface area contributed by atoms with Crippen molar-refractivity contribution in [3.05, 3.63) is 0 Å². The highest BCUT2D eigenvalue weighted by Gasteiger charge is 2.42. The average molecular weight is 278 g/mol. The summed E-state index contributed by atoms with van der Waals surface area (Å²) in [4.78, 5) is 4.95. The van der Waals surface area contributed by atoms with E-state index < -0.39 is 0 Å². The van der Waals surface area contributed by atoms with Crippen LogP contribution in [0.3, 0.4) is 0 Å². The maximum Gasteiger partial charge on any atom is 0.109 e. The van der Waals surface area contributed by atoms with Gasteiger partial charge in [-0.2, -0.15) is 5.26 Å².